The van der Waals surface area contributed by atoms with E-state index in [9.17, 15) is 59.8 Å². The lowest BCUT2D eigenvalue weighted by atomic mass is 9.82. The lowest BCUT2D eigenvalue weighted by Crippen LogP contribution is -2.42. The minimum Gasteiger partial charge on any atom is -0.336 e. The molecule has 5 unspecified atom stereocenters. The molecule has 0 fully saturated rings. The summed E-state index contributed by atoms with van der Waals surface area (Å²) >= 11 is 1.13. The molecule has 4 aliphatic carbocycles. The minimum atomic E-state index is -5.12. The molecular weight excluding hydrogens is 1280 g/mol. The first kappa shape index (κ1) is 41.1. The summed E-state index contributed by atoms with van der Waals surface area (Å²) in [6.45, 7) is -15.2. The smallest absolute Gasteiger partial charge is 0.336 e. The van der Waals surface area contributed by atoms with Crippen LogP contribution in [0.5, 0.6) is 0 Å². The van der Waals surface area contributed by atoms with Crippen LogP contribution >= 0.6 is 23.5 Å². The van der Waals surface area contributed by atoms with Crippen LogP contribution in [0.4, 0.5) is 35.1 Å². The Labute approximate surface area is 610 Å². The second-order valence-electron chi connectivity index (χ2n) is 21.2. The monoisotopic (exact) mass is 1400 g/mol. The van der Waals surface area contributed by atoms with Crippen LogP contribution in [0.25, 0.3) is 11.1 Å². The second kappa shape index (κ2) is 33.2. The number of halogens is 8. The Bertz CT molecular complexity index is 5550. The van der Waals surface area contributed by atoms with Gasteiger partial charge in [-0.15, -0.1) is 0 Å². The number of nitrogens with zero attached hydrogens (tertiary/aromatic N) is 8. The topological polar surface area (TPSA) is 117 Å². The Morgan fingerprint density at radius 2 is 1.10 bits per heavy atom. The van der Waals surface area contributed by atoms with E-state index in [1.54, 1.807) is 0 Å². The number of benzene rings is 4. The van der Waals surface area contributed by atoms with Gasteiger partial charge in [-0.1, -0.05) is 155 Å². The molecule has 0 N–H and O–H groups in total. The highest BCUT2D eigenvalue weighted by molar-refractivity contribution is 7.98. The predicted octanol–water partition coefficient (Wildman–Crippen LogP) is 14.9. The molecule has 0 bridgehead atoms. The van der Waals surface area contributed by atoms with Crippen LogP contribution < -0.4 is 11.1 Å². The number of carbonyl (C=O) groups is 2. The van der Waals surface area contributed by atoms with Crippen LogP contribution in [0, 0.1) is 23.4 Å². The van der Waals surface area contributed by atoms with Crippen molar-refractivity contribution >= 4 is 35.3 Å². The normalized spacial score (nSPS) is 26.4. The number of likely N-dealkylation sites (N-methyl/N-ethyl adjacent to an activating group) is 2. The number of allylic oxidation sites excluding steroid dienone is 7. The zero-order valence-electron chi connectivity index (χ0n) is 84.3. The van der Waals surface area contributed by atoms with Crippen molar-refractivity contribution in [2.24, 2.45) is 11.8 Å². The van der Waals surface area contributed by atoms with Crippen molar-refractivity contribution in [1.82, 2.24) is 38.7 Å². The number of aromatic nitrogens is 4. The van der Waals surface area contributed by atoms with Gasteiger partial charge in [0.1, 0.15) is 24.7 Å². The van der Waals surface area contributed by atoms with Gasteiger partial charge in [0.05, 0.1) is 27.5 Å². The third-order valence-corrected chi connectivity index (χ3v) is 16.8. The molecule has 10 rings (SSSR count). The summed E-state index contributed by atoms with van der Waals surface area (Å²) in [4.78, 5) is 66.7. The summed E-state index contributed by atoms with van der Waals surface area (Å²) < 4.78 is 385. The Hall–Kier alpha value is -7.40. The van der Waals surface area contributed by atoms with Crippen LogP contribution in [0.3, 0.4) is 0 Å². The summed E-state index contributed by atoms with van der Waals surface area (Å²) in [7, 11) is 0. The fraction of sp³-hybridized carbons (Fsp3) is 0.432. The van der Waals surface area contributed by atoms with E-state index in [-0.39, 0.29) is 40.4 Å². The van der Waals surface area contributed by atoms with Crippen molar-refractivity contribution in [3.8, 4) is 11.1 Å². The quantitative estimate of drug-likeness (QED) is 0.0295. The number of rotatable bonds is 26. The fourth-order valence-corrected chi connectivity index (χ4v) is 11.7. The molecule has 2 heterocycles. The molecule has 0 saturated carbocycles. The zero-order chi connectivity index (χ0) is 97.2. The van der Waals surface area contributed by atoms with Gasteiger partial charge in [-0.05, 0) is 164 Å². The minimum absolute atomic E-state index is 0.189. The molecule has 0 saturated heterocycles. The number of thioether (sulfide) groups is 2. The lowest BCUT2D eigenvalue weighted by Gasteiger charge is -2.30. The van der Waals surface area contributed by atoms with Crippen LogP contribution in [0.15, 0.2) is 163 Å². The van der Waals surface area contributed by atoms with Crippen molar-refractivity contribution in [2.75, 3.05) is 58.7 Å². The molecule has 2 amide bonds. The molecule has 6 aromatic rings. The molecule has 96 heavy (non-hydrogen) atoms. The van der Waals surface area contributed by atoms with Crippen molar-refractivity contribution in [1.29, 1.82) is 0 Å². The average Bonchev–Trinajstić information content (AvgIpc) is 1.54. The van der Waals surface area contributed by atoms with Crippen molar-refractivity contribution in [2.45, 2.75) is 146 Å². The molecule has 0 spiro atoms. The van der Waals surface area contributed by atoms with Gasteiger partial charge in [0.2, 0.25) is 11.8 Å². The Morgan fingerprint density at radius 3 is 1.62 bits per heavy atom. The van der Waals surface area contributed by atoms with Gasteiger partial charge in [-0.3, -0.25) is 19.2 Å². The first-order valence-electron chi connectivity index (χ1n) is 45.7. The summed E-state index contributed by atoms with van der Waals surface area (Å²) in [6, 6.07) is -2.46. The number of amides is 2. The number of alkyl halides is 6. The SMILES string of the molecule is [2H]C1=C(C2=C([2H])C([2H])=C(C(F)(F)F)C(C)C2[2H])C([2H])C([2H])C(C([2H])([2H])N(CCN(C([2H])([2H])C)C([2H])([2H])C)C(=O)Cn2c(SCc3c([2H])c([2H])c(F)c([2H])c3[2H])nc(=O)c3c2CCC3)=C1[2H].[2H]c1c([2H])c(CSc2nc(=O)c3c(n2CC(=O)N(CCN(C([2H])([2H])C)C([2H])([2H])C)C([2H])([2H])c2ccc(-c4ccc(C(F)(F)F)cc4)cc2)C([2H])([2H])C([2H])(C)C3([2H])[2H])c([2H])c([2H])c1F. The van der Waals surface area contributed by atoms with E-state index in [4.69, 9.17) is 38.4 Å². The van der Waals surface area contributed by atoms with Gasteiger partial charge >= 0.3 is 12.4 Å². The van der Waals surface area contributed by atoms with E-state index in [1.165, 1.54) is 41.0 Å². The summed E-state index contributed by atoms with van der Waals surface area (Å²) in [6.07, 6.45) is -21.5. The van der Waals surface area contributed by atoms with Gasteiger partial charge in [-0.25, -0.2) is 8.78 Å². The highest BCUT2D eigenvalue weighted by Gasteiger charge is 2.38. The molecular formula is C74H84F8N8O4S2. The highest BCUT2D eigenvalue weighted by atomic mass is 32.2. The van der Waals surface area contributed by atoms with Gasteiger partial charge < -0.3 is 28.7 Å². The molecule has 4 aromatic carbocycles. The molecule has 0 radical (unpaired) electrons. The van der Waals surface area contributed by atoms with Crippen molar-refractivity contribution in [3.05, 3.63) is 220 Å². The molecule has 22 heteroatoms. The largest absolute Gasteiger partial charge is 0.416 e. The van der Waals surface area contributed by atoms with E-state index in [0.717, 1.165) is 58.2 Å². The molecule has 2 aromatic heterocycles. The Kier molecular flexibility index (Phi) is 14.2. The third-order valence-electron chi connectivity index (χ3n) is 14.8. The number of fused-ring (bicyclic) bond motifs is 2. The van der Waals surface area contributed by atoms with Gasteiger partial charge in [0.15, 0.2) is 10.3 Å². The van der Waals surface area contributed by atoms with Gasteiger partial charge in [0, 0.05) is 101 Å². The highest BCUT2D eigenvalue weighted by Crippen LogP contribution is 2.41. The van der Waals surface area contributed by atoms with Crippen molar-refractivity contribution in [3.63, 3.8) is 0 Å². The van der Waals surface area contributed by atoms with E-state index in [2.05, 4.69) is 9.97 Å². The van der Waals surface area contributed by atoms with E-state index >= 15 is 0 Å². The third kappa shape index (κ3) is 19.2. The number of hydrogen-bond donors (Lipinski definition) is 0. The predicted molar refractivity (Wildman–Crippen MR) is 363 cm³/mol. The molecule has 0 aliphatic heterocycles. The van der Waals surface area contributed by atoms with Gasteiger partial charge in [0.25, 0.3) is 11.1 Å². The summed E-state index contributed by atoms with van der Waals surface area (Å²) in [5.74, 6) is -10.9. The molecule has 5 atom stereocenters. The zero-order valence-corrected chi connectivity index (χ0v) is 53.9. The maximum Gasteiger partial charge on any atom is 0.416 e. The van der Waals surface area contributed by atoms with Crippen LogP contribution in [0.1, 0.15) is 156 Å². The fourth-order valence-electron chi connectivity index (χ4n) is 9.96. The van der Waals surface area contributed by atoms with E-state index in [1.807, 2.05) is 0 Å². The van der Waals surface area contributed by atoms with E-state index < -0.39 is 303 Å². The molecule has 512 valence electrons. The summed E-state index contributed by atoms with van der Waals surface area (Å²) in [5.41, 5.74) is -8.47. The Balaban J connectivity index is 0.000000289. The second-order valence-corrected chi connectivity index (χ2v) is 23.1. The average molecular weight is 1400 g/mol. The standard InChI is InChI=1S/C37H40F4N4O2S.C37H44F4N4O2S/c1-4-43(5-2)18-19-44(22-26-6-10-28(11-7-26)29-12-14-30(15-13-29)37(39,40)41)34(46)23-45-33-21-25(3)20-32(33)35(47)42-36(45)48-24-27-8-16-31(38)17-9-27;1-4-43(5-2)19-20-44(22-26-9-13-28(14-10-26)29-15-18-32(25(3)21-29)37(39,40)41)34(46)23-45-33-8-6-7-31(33)35(47)42-36(45)48-24-27-11-16-30(38)17-12-27/h6-17,25H,4-5,18-24H2,1-3H3;9,11-13,15-18,25H,4-8,10,14,19-24H2,1-3H3/i4D2,5D2,8D,9D,16D,17D,20D2,21D2,22D2,25D;4D2,5D2,9D,10D,11D,12D,13D,14D,15D,16D,17D,18D,21D,22D2. The Morgan fingerprint density at radius 1 is 0.604 bits per heavy atom. The van der Waals surface area contributed by atoms with E-state index in [0.29, 0.717) is 60.7 Å². The number of carbonyl (C=O) groups excluding carboxylic acids is 2. The molecule has 4 aliphatic rings. The van der Waals surface area contributed by atoms with Crippen LogP contribution in [-0.4, -0.2) is 115 Å². The van der Waals surface area contributed by atoms with Crippen LogP contribution in [-0.2, 0) is 72.4 Å². The first-order chi connectivity index (χ1) is 58.3. The van der Waals surface area contributed by atoms with Crippen LogP contribution in [0.2, 0.25) is 0 Å². The summed E-state index contributed by atoms with van der Waals surface area (Å²) in [5, 5.41) is -0.808. The number of hydrogen-bond acceptors (Lipinski definition) is 10. The van der Waals surface area contributed by atoms with Gasteiger partial charge in [-0.2, -0.15) is 36.3 Å². The maximum atomic E-state index is 14.8. The molecule has 12 nitrogen and oxygen atoms in total. The lowest BCUT2D eigenvalue weighted by molar-refractivity contribution is -0.137. The maximum absolute atomic E-state index is 14.8. The first-order valence-corrected chi connectivity index (χ1v) is 31.4. The van der Waals surface area contributed by atoms with Crippen molar-refractivity contribution < 1.29 is 88.6 Å².